The number of ether oxygens (including phenoxy) is 1. The highest BCUT2D eigenvalue weighted by Crippen LogP contribution is 2.25. The Kier molecular flexibility index (Phi) is 3.09. The average Bonchev–Trinajstić information content (AvgIpc) is 2.87. The van der Waals surface area contributed by atoms with Gasteiger partial charge in [0, 0.05) is 17.7 Å². The molecule has 0 aliphatic carbocycles. The van der Waals surface area contributed by atoms with Crippen LogP contribution in [0.4, 0.5) is 5.69 Å². The number of carbonyl (C=O) groups excluding carboxylic acids is 1. The van der Waals surface area contributed by atoms with E-state index < -0.39 is 10.9 Å². The second-order valence-electron chi connectivity index (χ2n) is 3.50. The predicted octanol–water partition coefficient (Wildman–Crippen LogP) is 2.64. The second-order valence-corrected chi connectivity index (χ2v) is 3.50. The molecule has 6 heteroatoms. The lowest BCUT2D eigenvalue weighted by Crippen LogP contribution is -1.98. The van der Waals surface area contributed by atoms with Gasteiger partial charge in [0.05, 0.1) is 17.6 Å². The van der Waals surface area contributed by atoms with E-state index in [0.29, 0.717) is 11.3 Å². The summed E-state index contributed by atoms with van der Waals surface area (Å²) in [6, 6.07) is 7.44. The van der Waals surface area contributed by atoms with Crippen molar-refractivity contribution in [1.82, 2.24) is 0 Å². The van der Waals surface area contributed by atoms with Crippen molar-refractivity contribution >= 4 is 11.7 Å². The minimum absolute atomic E-state index is 0.0384. The van der Waals surface area contributed by atoms with Gasteiger partial charge in [0.2, 0.25) is 0 Å². The van der Waals surface area contributed by atoms with Crippen LogP contribution >= 0.6 is 0 Å². The normalized spacial score (nSPS) is 10.1. The fourth-order valence-electron chi connectivity index (χ4n) is 1.49. The Hall–Kier alpha value is -2.63. The van der Waals surface area contributed by atoms with Crippen LogP contribution in [0.2, 0.25) is 0 Å². The van der Waals surface area contributed by atoms with Gasteiger partial charge in [-0.2, -0.15) is 0 Å². The van der Waals surface area contributed by atoms with E-state index in [1.807, 2.05) is 0 Å². The van der Waals surface area contributed by atoms with E-state index in [-0.39, 0.29) is 11.3 Å². The molecule has 1 aromatic heterocycles. The number of nitro benzene ring substituents is 1. The summed E-state index contributed by atoms with van der Waals surface area (Å²) in [4.78, 5) is 21.4. The van der Waals surface area contributed by atoms with Crippen LogP contribution in [0.3, 0.4) is 0 Å². The first-order chi connectivity index (χ1) is 8.61. The smallest absolute Gasteiger partial charge is 0.341 e. The Morgan fingerprint density at radius 1 is 1.39 bits per heavy atom. The lowest BCUT2D eigenvalue weighted by molar-refractivity contribution is -0.384. The van der Waals surface area contributed by atoms with Crippen molar-refractivity contribution in [3.8, 4) is 11.3 Å². The SMILES string of the molecule is COC(=O)c1coc(-c2cccc([N+](=O)[O-])c2)c1. The molecule has 2 rings (SSSR count). The van der Waals surface area contributed by atoms with Gasteiger partial charge in [-0.25, -0.2) is 4.79 Å². The summed E-state index contributed by atoms with van der Waals surface area (Å²) in [6.45, 7) is 0. The standard InChI is InChI=1S/C12H9NO5/c1-17-12(14)9-6-11(18-7-9)8-3-2-4-10(5-8)13(15)16/h2-7H,1H3. The van der Waals surface area contributed by atoms with Crippen molar-refractivity contribution in [2.75, 3.05) is 7.11 Å². The largest absolute Gasteiger partial charge is 0.465 e. The zero-order valence-corrected chi connectivity index (χ0v) is 9.45. The number of esters is 1. The van der Waals surface area contributed by atoms with Crippen LogP contribution in [0.25, 0.3) is 11.3 Å². The summed E-state index contributed by atoms with van der Waals surface area (Å²) in [6.07, 6.45) is 1.25. The van der Waals surface area contributed by atoms with Crippen LogP contribution in [0.5, 0.6) is 0 Å². The van der Waals surface area contributed by atoms with Crippen LogP contribution in [0.1, 0.15) is 10.4 Å². The van der Waals surface area contributed by atoms with E-state index in [9.17, 15) is 14.9 Å². The highest BCUT2D eigenvalue weighted by Gasteiger charge is 2.13. The first-order valence-corrected chi connectivity index (χ1v) is 5.03. The number of methoxy groups -OCH3 is 1. The Labute approximate surface area is 102 Å². The number of furan rings is 1. The zero-order chi connectivity index (χ0) is 13.1. The van der Waals surface area contributed by atoms with Crippen LogP contribution in [0, 0.1) is 10.1 Å². The number of benzene rings is 1. The van der Waals surface area contributed by atoms with E-state index in [2.05, 4.69) is 4.74 Å². The monoisotopic (exact) mass is 247 g/mol. The number of carbonyl (C=O) groups is 1. The Bertz CT molecular complexity index is 602. The van der Waals surface area contributed by atoms with Crippen molar-refractivity contribution in [3.05, 3.63) is 52.3 Å². The third kappa shape index (κ3) is 2.22. The summed E-state index contributed by atoms with van der Waals surface area (Å²) in [7, 11) is 1.27. The van der Waals surface area contributed by atoms with Gasteiger partial charge in [0.15, 0.2) is 0 Å². The maximum atomic E-state index is 11.2. The van der Waals surface area contributed by atoms with E-state index in [1.165, 1.54) is 31.6 Å². The molecule has 0 amide bonds. The van der Waals surface area contributed by atoms with Crippen LogP contribution in [0.15, 0.2) is 41.0 Å². The van der Waals surface area contributed by atoms with Gasteiger partial charge in [-0.05, 0) is 6.07 Å². The van der Waals surface area contributed by atoms with E-state index >= 15 is 0 Å². The molecule has 0 spiro atoms. The molecule has 92 valence electrons. The summed E-state index contributed by atoms with van der Waals surface area (Å²) < 4.78 is 9.73. The van der Waals surface area contributed by atoms with E-state index in [1.54, 1.807) is 12.1 Å². The number of rotatable bonds is 3. The van der Waals surface area contributed by atoms with Gasteiger partial charge in [0.1, 0.15) is 12.0 Å². The molecule has 0 bridgehead atoms. The Morgan fingerprint density at radius 2 is 2.17 bits per heavy atom. The summed E-state index contributed by atoms with van der Waals surface area (Å²) >= 11 is 0. The molecule has 2 aromatic rings. The molecule has 6 nitrogen and oxygen atoms in total. The summed E-state index contributed by atoms with van der Waals surface area (Å²) in [5.41, 5.74) is 0.752. The van der Waals surface area contributed by atoms with Crippen molar-refractivity contribution in [3.63, 3.8) is 0 Å². The third-order valence-corrected chi connectivity index (χ3v) is 2.36. The maximum absolute atomic E-state index is 11.2. The number of hydrogen-bond acceptors (Lipinski definition) is 5. The van der Waals surface area contributed by atoms with Crippen molar-refractivity contribution in [2.24, 2.45) is 0 Å². The molecule has 0 atom stereocenters. The summed E-state index contributed by atoms with van der Waals surface area (Å²) in [5, 5.41) is 10.6. The lowest BCUT2D eigenvalue weighted by atomic mass is 10.1. The van der Waals surface area contributed by atoms with Crippen LogP contribution in [-0.4, -0.2) is 18.0 Å². The molecule has 1 aromatic carbocycles. The van der Waals surface area contributed by atoms with Crippen LogP contribution < -0.4 is 0 Å². The molecular weight excluding hydrogens is 238 g/mol. The highest BCUT2D eigenvalue weighted by atomic mass is 16.6. The topological polar surface area (TPSA) is 82.6 Å². The van der Waals surface area contributed by atoms with E-state index in [4.69, 9.17) is 4.42 Å². The minimum Gasteiger partial charge on any atom is -0.465 e. The first kappa shape index (κ1) is 11.8. The average molecular weight is 247 g/mol. The molecule has 0 fully saturated rings. The van der Waals surface area contributed by atoms with Crippen molar-refractivity contribution < 1.29 is 18.9 Å². The van der Waals surface area contributed by atoms with Crippen LogP contribution in [-0.2, 0) is 4.74 Å². The second kappa shape index (κ2) is 4.70. The van der Waals surface area contributed by atoms with Gasteiger partial charge in [-0.1, -0.05) is 12.1 Å². The Morgan fingerprint density at radius 3 is 2.83 bits per heavy atom. The third-order valence-electron chi connectivity index (χ3n) is 2.36. The van der Waals surface area contributed by atoms with E-state index in [0.717, 1.165) is 0 Å². The quantitative estimate of drug-likeness (QED) is 0.473. The zero-order valence-electron chi connectivity index (χ0n) is 9.45. The predicted molar refractivity (Wildman–Crippen MR) is 62.1 cm³/mol. The fourth-order valence-corrected chi connectivity index (χ4v) is 1.49. The molecule has 0 saturated carbocycles. The summed E-state index contributed by atoms with van der Waals surface area (Å²) in [5.74, 6) is -0.144. The van der Waals surface area contributed by atoms with Gasteiger partial charge in [-0.15, -0.1) is 0 Å². The van der Waals surface area contributed by atoms with Crippen molar-refractivity contribution in [1.29, 1.82) is 0 Å². The Balaban J connectivity index is 2.37. The van der Waals surface area contributed by atoms with Gasteiger partial charge in [0.25, 0.3) is 5.69 Å². The molecule has 1 heterocycles. The number of nitrogens with zero attached hydrogens (tertiary/aromatic N) is 1. The lowest BCUT2D eigenvalue weighted by Gasteiger charge is -1.96. The molecule has 0 radical (unpaired) electrons. The molecule has 0 aliphatic rings. The molecule has 0 N–H and O–H groups in total. The van der Waals surface area contributed by atoms with Gasteiger partial charge >= 0.3 is 5.97 Å². The van der Waals surface area contributed by atoms with Gasteiger partial charge in [-0.3, -0.25) is 10.1 Å². The van der Waals surface area contributed by atoms with Gasteiger partial charge < -0.3 is 9.15 Å². The number of nitro groups is 1. The molecule has 18 heavy (non-hydrogen) atoms. The molecule has 0 aliphatic heterocycles. The fraction of sp³-hybridized carbons (Fsp3) is 0.0833. The molecular formula is C12H9NO5. The maximum Gasteiger partial charge on any atom is 0.341 e. The molecule has 0 saturated heterocycles. The minimum atomic E-state index is -0.518. The highest BCUT2D eigenvalue weighted by molar-refractivity contribution is 5.90. The van der Waals surface area contributed by atoms with Crippen molar-refractivity contribution in [2.45, 2.75) is 0 Å². The number of hydrogen-bond donors (Lipinski definition) is 0. The first-order valence-electron chi connectivity index (χ1n) is 5.03. The number of non-ortho nitro benzene ring substituents is 1. The molecule has 0 unspecified atom stereocenters.